The van der Waals surface area contributed by atoms with Gasteiger partial charge in [-0.05, 0) is 12.1 Å². The van der Waals surface area contributed by atoms with Gasteiger partial charge in [0, 0.05) is 5.39 Å². The van der Waals surface area contributed by atoms with E-state index in [1.165, 1.54) is 5.39 Å². The lowest BCUT2D eigenvalue weighted by Crippen LogP contribution is -1.89. The van der Waals surface area contributed by atoms with Crippen LogP contribution in [0, 0.1) is 0 Å². The summed E-state index contributed by atoms with van der Waals surface area (Å²) < 4.78 is 1.89. The molecule has 0 atom stereocenters. The maximum atomic E-state index is 4.17. The molecule has 62 valence electrons. The fraction of sp³-hybridized carbons (Fsp3) is 0. The molecule has 0 unspecified atom stereocenters. The van der Waals surface area contributed by atoms with Gasteiger partial charge < -0.3 is 0 Å². The number of para-hydroxylation sites is 1. The molecule has 0 saturated carbocycles. The number of aromatic nitrogens is 3. The molecule has 0 fully saturated rings. The standard InChI is InChI=1S/C10H7N3/c1-2-4-10-8(3-1)5-9-6-11-7-12-13(9)10/h1-7H. The molecule has 0 N–H and O–H groups in total. The molecule has 1 aromatic carbocycles. The molecule has 13 heavy (non-hydrogen) atoms. The third-order valence-electron chi connectivity index (χ3n) is 2.15. The van der Waals surface area contributed by atoms with Crippen LogP contribution >= 0.6 is 0 Å². The summed E-state index contributed by atoms with van der Waals surface area (Å²) in [6, 6.07) is 10.2. The van der Waals surface area contributed by atoms with Crippen LogP contribution in [-0.2, 0) is 0 Å². The van der Waals surface area contributed by atoms with E-state index < -0.39 is 0 Å². The summed E-state index contributed by atoms with van der Waals surface area (Å²) in [6.07, 6.45) is 3.37. The van der Waals surface area contributed by atoms with Crippen LogP contribution in [-0.4, -0.2) is 14.6 Å². The number of benzene rings is 1. The minimum atomic E-state index is 1.03. The summed E-state index contributed by atoms with van der Waals surface area (Å²) in [5.41, 5.74) is 2.16. The van der Waals surface area contributed by atoms with Crippen LogP contribution in [0.3, 0.4) is 0 Å². The molecule has 0 aliphatic heterocycles. The fourth-order valence-corrected chi connectivity index (χ4v) is 1.57. The van der Waals surface area contributed by atoms with Crippen molar-refractivity contribution in [2.24, 2.45) is 0 Å². The topological polar surface area (TPSA) is 30.2 Å². The van der Waals surface area contributed by atoms with E-state index in [4.69, 9.17) is 0 Å². The first-order valence-corrected chi connectivity index (χ1v) is 4.12. The first kappa shape index (κ1) is 6.60. The van der Waals surface area contributed by atoms with Gasteiger partial charge in [0.2, 0.25) is 0 Å². The lowest BCUT2D eigenvalue weighted by Gasteiger charge is -1.92. The molecule has 3 aromatic rings. The van der Waals surface area contributed by atoms with Gasteiger partial charge in [-0.25, -0.2) is 9.50 Å². The highest BCUT2D eigenvalue weighted by atomic mass is 15.2. The zero-order chi connectivity index (χ0) is 8.67. The van der Waals surface area contributed by atoms with E-state index in [2.05, 4.69) is 28.3 Å². The Bertz CT molecular complexity index is 518. The van der Waals surface area contributed by atoms with Crippen molar-refractivity contribution in [2.75, 3.05) is 0 Å². The zero-order valence-electron chi connectivity index (χ0n) is 6.88. The van der Waals surface area contributed by atoms with E-state index in [0.717, 1.165) is 11.0 Å². The number of hydrogen-bond donors (Lipinski definition) is 0. The Hall–Kier alpha value is -1.90. The first-order valence-electron chi connectivity index (χ1n) is 4.12. The Kier molecular flexibility index (Phi) is 1.16. The SMILES string of the molecule is c1ccc2c(c1)cc1cncnn12. The highest BCUT2D eigenvalue weighted by molar-refractivity contribution is 5.86. The van der Waals surface area contributed by atoms with E-state index in [0.29, 0.717) is 0 Å². The minimum Gasteiger partial charge on any atom is -0.241 e. The molecule has 3 heteroatoms. The molecule has 0 saturated heterocycles. The van der Waals surface area contributed by atoms with Gasteiger partial charge in [-0.1, -0.05) is 18.2 Å². The van der Waals surface area contributed by atoms with Crippen molar-refractivity contribution < 1.29 is 0 Å². The van der Waals surface area contributed by atoms with E-state index in [1.54, 1.807) is 6.33 Å². The third-order valence-corrected chi connectivity index (χ3v) is 2.15. The highest BCUT2D eigenvalue weighted by Crippen LogP contribution is 2.17. The quantitative estimate of drug-likeness (QED) is 0.514. The van der Waals surface area contributed by atoms with Crippen LogP contribution in [0.2, 0.25) is 0 Å². The van der Waals surface area contributed by atoms with Crippen LogP contribution in [0.5, 0.6) is 0 Å². The Balaban J connectivity index is 2.64. The fourth-order valence-electron chi connectivity index (χ4n) is 1.57. The number of nitrogens with zero attached hydrogens (tertiary/aromatic N) is 3. The molecule has 0 aliphatic carbocycles. The second-order valence-corrected chi connectivity index (χ2v) is 2.95. The maximum Gasteiger partial charge on any atom is 0.136 e. The van der Waals surface area contributed by atoms with Gasteiger partial charge in [0.25, 0.3) is 0 Å². The molecule has 2 heterocycles. The van der Waals surface area contributed by atoms with Crippen LogP contribution in [0.15, 0.2) is 42.9 Å². The van der Waals surface area contributed by atoms with Gasteiger partial charge in [-0.15, -0.1) is 0 Å². The molecule has 0 radical (unpaired) electrons. The Morgan fingerprint density at radius 2 is 2.08 bits per heavy atom. The first-order chi connectivity index (χ1) is 6.45. The van der Waals surface area contributed by atoms with Crippen molar-refractivity contribution >= 4 is 16.4 Å². The van der Waals surface area contributed by atoms with Crippen LogP contribution < -0.4 is 0 Å². The van der Waals surface area contributed by atoms with Gasteiger partial charge in [0.1, 0.15) is 6.33 Å². The van der Waals surface area contributed by atoms with Crippen molar-refractivity contribution in [3.63, 3.8) is 0 Å². The Labute approximate surface area is 74.6 Å². The lowest BCUT2D eigenvalue weighted by molar-refractivity contribution is 0.931. The number of hydrogen-bond acceptors (Lipinski definition) is 2. The molecule has 0 bridgehead atoms. The van der Waals surface area contributed by atoms with Crippen molar-refractivity contribution in [1.29, 1.82) is 0 Å². The third kappa shape index (κ3) is 0.839. The van der Waals surface area contributed by atoms with Crippen molar-refractivity contribution in [3.05, 3.63) is 42.9 Å². The van der Waals surface area contributed by atoms with Crippen LogP contribution in [0.4, 0.5) is 0 Å². The molecule has 3 nitrogen and oxygen atoms in total. The molecule has 0 amide bonds. The second kappa shape index (κ2) is 2.29. The summed E-state index contributed by atoms with van der Waals surface area (Å²) >= 11 is 0. The highest BCUT2D eigenvalue weighted by Gasteiger charge is 2.00. The smallest absolute Gasteiger partial charge is 0.136 e. The molecule has 0 aliphatic rings. The summed E-state index contributed by atoms with van der Waals surface area (Å²) in [5, 5.41) is 5.37. The largest absolute Gasteiger partial charge is 0.241 e. The normalized spacial score (nSPS) is 11.1. The minimum absolute atomic E-state index is 1.03. The molecule has 2 aromatic heterocycles. The van der Waals surface area contributed by atoms with Crippen LogP contribution in [0.25, 0.3) is 16.4 Å². The van der Waals surface area contributed by atoms with Crippen LogP contribution in [0.1, 0.15) is 0 Å². The summed E-state index contributed by atoms with van der Waals surface area (Å²) in [4.78, 5) is 3.98. The average molecular weight is 169 g/mol. The van der Waals surface area contributed by atoms with Gasteiger partial charge in [0.05, 0.1) is 17.2 Å². The van der Waals surface area contributed by atoms with Crippen molar-refractivity contribution in [1.82, 2.24) is 14.6 Å². The van der Waals surface area contributed by atoms with Gasteiger partial charge in [-0.2, -0.15) is 5.10 Å². The Morgan fingerprint density at radius 1 is 1.15 bits per heavy atom. The van der Waals surface area contributed by atoms with Crippen molar-refractivity contribution in [2.45, 2.75) is 0 Å². The lowest BCUT2D eigenvalue weighted by atomic mass is 10.2. The number of rotatable bonds is 0. The van der Waals surface area contributed by atoms with E-state index in [-0.39, 0.29) is 0 Å². The van der Waals surface area contributed by atoms with E-state index in [1.807, 2.05) is 22.8 Å². The number of fused-ring (bicyclic) bond motifs is 3. The predicted molar refractivity (Wildman–Crippen MR) is 50.5 cm³/mol. The van der Waals surface area contributed by atoms with Gasteiger partial charge in [0.15, 0.2) is 0 Å². The summed E-state index contributed by atoms with van der Waals surface area (Å²) in [7, 11) is 0. The monoisotopic (exact) mass is 169 g/mol. The van der Waals surface area contributed by atoms with E-state index >= 15 is 0 Å². The van der Waals surface area contributed by atoms with Gasteiger partial charge >= 0.3 is 0 Å². The molecular formula is C10H7N3. The van der Waals surface area contributed by atoms with E-state index in [9.17, 15) is 0 Å². The molecular weight excluding hydrogens is 162 g/mol. The second-order valence-electron chi connectivity index (χ2n) is 2.95. The Morgan fingerprint density at radius 3 is 3.08 bits per heavy atom. The predicted octanol–water partition coefficient (Wildman–Crippen LogP) is 1.88. The molecule has 0 spiro atoms. The van der Waals surface area contributed by atoms with Crippen molar-refractivity contribution in [3.8, 4) is 0 Å². The summed E-state index contributed by atoms with van der Waals surface area (Å²) in [6.45, 7) is 0. The van der Waals surface area contributed by atoms with Gasteiger partial charge in [-0.3, -0.25) is 0 Å². The molecule has 3 rings (SSSR count). The summed E-state index contributed by atoms with van der Waals surface area (Å²) in [5.74, 6) is 0. The maximum absolute atomic E-state index is 4.17. The zero-order valence-corrected chi connectivity index (χ0v) is 6.88. The average Bonchev–Trinajstić information content (AvgIpc) is 2.56.